The standard InChI is InChI=1S/C4H9ClO5S2.C2H7NO4S2/c1-11(6,7)4-12(8,9)10-3-2-5;1-8(4,5)2-9(3,6)7/h2-4H2,1H3;2H2,1H3,(H2,3,6,7). The first-order valence-corrected chi connectivity index (χ1v) is 12.7. The minimum absolute atomic E-state index is 0.00297. The number of halogens is 1. The maximum absolute atomic E-state index is 10.7. The molecule has 0 aliphatic rings. The van der Waals surface area contributed by atoms with Gasteiger partial charge in [-0.25, -0.2) is 30.4 Å². The van der Waals surface area contributed by atoms with Crippen LogP contribution in [0.15, 0.2) is 0 Å². The molecule has 0 aliphatic carbocycles. The molecule has 2 N–H and O–H groups in total. The first kappa shape index (κ1) is 23.3. The minimum Gasteiger partial charge on any atom is -0.268 e. The Morgan fingerprint density at radius 2 is 1.24 bits per heavy atom. The van der Waals surface area contributed by atoms with Gasteiger partial charge in [0.25, 0.3) is 10.1 Å². The van der Waals surface area contributed by atoms with Crippen LogP contribution in [0.4, 0.5) is 0 Å². The molecule has 0 aliphatic heterocycles. The molecule has 0 amide bonds. The molecule has 0 spiro atoms. The molecule has 0 rings (SSSR count). The predicted octanol–water partition coefficient (Wildman–Crippen LogP) is -2.15. The Balaban J connectivity index is 0. The molecule has 0 aromatic carbocycles. The number of rotatable bonds is 7. The Kier molecular flexibility index (Phi) is 9.52. The summed E-state index contributed by atoms with van der Waals surface area (Å²) in [7, 11) is -14.9. The van der Waals surface area contributed by atoms with Crippen molar-refractivity contribution < 1.29 is 37.9 Å². The molecule has 0 heterocycles. The zero-order valence-corrected chi connectivity index (χ0v) is 15.1. The second-order valence-corrected chi connectivity index (χ2v) is 12.5. The van der Waals surface area contributed by atoms with Gasteiger partial charge in [0.1, 0.15) is 0 Å². The molecule has 0 saturated carbocycles. The van der Waals surface area contributed by atoms with Crippen molar-refractivity contribution in [1.82, 2.24) is 0 Å². The molecule has 0 aromatic heterocycles. The second-order valence-electron chi connectivity index (χ2n) is 3.82. The summed E-state index contributed by atoms with van der Waals surface area (Å²) < 4.78 is 87.2. The van der Waals surface area contributed by atoms with Gasteiger partial charge >= 0.3 is 0 Å². The second kappa shape index (κ2) is 8.59. The zero-order chi connectivity index (χ0) is 17.5. The average Bonchev–Trinajstić information content (AvgIpc) is 2.05. The van der Waals surface area contributed by atoms with E-state index < -0.39 is 50.0 Å². The van der Waals surface area contributed by atoms with Crippen molar-refractivity contribution in [3.8, 4) is 0 Å². The highest BCUT2D eigenvalue weighted by atomic mass is 35.5. The van der Waals surface area contributed by atoms with Crippen LogP contribution in [0.25, 0.3) is 0 Å². The Morgan fingerprint density at radius 1 is 0.857 bits per heavy atom. The maximum atomic E-state index is 10.7. The molecule has 130 valence electrons. The summed E-state index contributed by atoms with van der Waals surface area (Å²) in [6, 6.07) is 0. The van der Waals surface area contributed by atoms with Crippen molar-refractivity contribution in [1.29, 1.82) is 0 Å². The van der Waals surface area contributed by atoms with Crippen LogP contribution >= 0.6 is 11.6 Å². The van der Waals surface area contributed by atoms with Crippen LogP contribution < -0.4 is 5.14 Å². The van der Waals surface area contributed by atoms with Gasteiger partial charge in [0.2, 0.25) is 10.0 Å². The summed E-state index contributed by atoms with van der Waals surface area (Å²) in [6.45, 7) is -0.209. The maximum Gasteiger partial charge on any atom is 0.281 e. The summed E-state index contributed by atoms with van der Waals surface area (Å²) in [6.07, 6.45) is 1.62. The molecule has 15 heteroatoms. The van der Waals surface area contributed by atoms with Gasteiger partial charge in [-0.3, -0.25) is 4.18 Å². The highest BCUT2D eigenvalue weighted by Gasteiger charge is 2.18. The number of hydrogen-bond acceptors (Lipinski definition) is 9. The van der Waals surface area contributed by atoms with E-state index in [2.05, 4.69) is 9.32 Å². The predicted molar refractivity (Wildman–Crippen MR) is 78.1 cm³/mol. The molecule has 0 saturated heterocycles. The van der Waals surface area contributed by atoms with Crippen LogP contribution in [0, 0.1) is 0 Å². The molecule has 0 bridgehead atoms. The van der Waals surface area contributed by atoms with E-state index in [1.807, 2.05) is 0 Å². The topological polar surface area (TPSA) is 172 Å². The van der Waals surface area contributed by atoms with E-state index in [0.29, 0.717) is 0 Å². The molecular weight excluding hydrogens is 394 g/mol. The van der Waals surface area contributed by atoms with Gasteiger partial charge in [-0.2, -0.15) is 8.42 Å². The summed E-state index contributed by atoms with van der Waals surface area (Å²) in [5.41, 5.74) is 0. The monoisotopic (exact) mass is 409 g/mol. The summed E-state index contributed by atoms with van der Waals surface area (Å²) in [5.74, 6) is 0.00297. The highest BCUT2D eigenvalue weighted by molar-refractivity contribution is 8.06. The van der Waals surface area contributed by atoms with Crippen molar-refractivity contribution in [2.75, 3.05) is 35.2 Å². The molecular formula is C6H16ClNO9S4. The highest BCUT2D eigenvalue weighted by Crippen LogP contribution is 1.98. The molecule has 0 atom stereocenters. The quantitative estimate of drug-likeness (QED) is 0.363. The zero-order valence-electron chi connectivity index (χ0n) is 11.1. The van der Waals surface area contributed by atoms with Crippen LogP contribution in [-0.4, -0.2) is 68.8 Å². The van der Waals surface area contributed by atoms with Gasteiger partial charge in [-0.15, -0.1) is 11.6 Å². The molecule has 0 radical (unpaired) electrons. The van der Waals surface area contributed by atoms with Crippen LogP contribution in [0.2, 0.25) is 0 Å². The third-order valence-electron chi connectivity index (χ3n) is 1.08. The first-order valence-electron chi connectivity index (χ1n) is 4.76. The van der Waals surface area contributed by atoms with E-state index in [0.717, 1.165) is 12.5 Å². The molecule has 0 unspecified atom stereocenters. The van der Waals surface area contributed by atoms with Crippen LogP contribution in [0.1, 0.15) is 0 Å². The van der Waals surface area contributed by atoms with Gasteiger partial charge in [-0.1, -0.05) is 0 Å². The SMILES string of the molecule is CS(=O)(=O)CS(=O)(=O)OCCCl.CS(=O)(=O)CS(N)(=O)=O. The fourth-order valence-corrected chi connectivity index (χ4v) is 6.02. The number of nitrogens with two attached hydrogens (primary N) is 1. The lowest BCUT2D eigenvalue weighted by atomic mass is 10.9. The fourth-order valence-electron chi connectivity index (χ4n) is 0.753. The first-order chi connectivity index (χ1) is 8.97. The molecule has 10 nitrogen and oxygen atoms in total. The number of alkyl halides is 1. The summed E-state index contributed by atoms with van der Waals surface area (Å²) >= 11 is 5.14. The van der Waals surface area contributed by atoms with Crippen molar-refractivity contribution in [3.63, 3.8) is 0 Å². The van der Waals surface area contributed by atoms with E-state index in [-0.39, 0.29) is 12.5 Å². The van der Waals surface area contributed by atoms with Crippen molar-refractivity contribution in [3.05, 3.63) is 0 Å². The van der Waals surface area contributed by atoms with Gasteiger partial charge in [0, 0.05) is 18.4 Å². The number of hydrogen-bond donors (Lipinski definition) is 1. The Labute approximate surface area is 129 Å². The number of primary sulfonamides is 1. The fraction of sp³-hybridized carbons (Fsp3) is 1.00. The number of sulfone groups is 2. The normalized spacial score (nSPS) is 13.3. The van der Waals surface area contributed by atoms with Crippen LogP contribution in [0.3, 0.4) is 0 Å². The third kappa shape index (κ3) is 22.4. The van der Waals surface area contributed by atoms with E-state index in [4.69, 9.17) is 11.6 Å². The van der Waals surface area contributed by atoms with Gasteiger partial charge in [0.05, 0.1) is 6.61 Å². The third-order valence-corrected chi connectivity index (χ3v) is 7.65. The van der Waals surface area contributed by atoms with Gasteiger partial charge < -0.3 is 0 Å². The lowest BCUT2D eigenvalue weighted by molar-refractivity contribution is 0.343. The van der Waals surface area contributed by atoms with Crippen LogP contribution in [0.5, 0.6) is 0 Å². The lowest BCUT2D eigenvalue weighted by Gasteiger charge is -2.01. The van der Waals surface area contributed by atoms with Gasteiger partial charge in [0.15, 0.2) is 29.8 Å². The largest absolute Gasteiger partial charge is 0.281 e. The van der Waals surface area contributed by atoms with E-state index in [9.17, 15) is 33.7 Å². The Bertz CT molecular complexity index is 689. The van der Waals surface area contributed by atoms with E-state index >= 15 is 0 Å². The van der Waals surface area contributed by atoms with Crippen LogP contribution in [-0.2, 0) is 44.0 Å². The number of sulfonamides is 1. The Hall–Kier alpha value is 0.01000. The molecule has 0 aromatic rings. The van der Waals surface area contributed by atoms with Crippen molar-refractivity contribution in [2.24, 2.45) is 5.14 Å². The Morgan fingerprint density at radius 3 is 1.43 bits per heavy atom. The molecule has 21 heavy (non-hydrogen) atoms. The lowest BCUT2D eigenvalue weighted by Crippen LogP contribution is -2.22. The van der Waals surface area contributed by atoms with Crippen molar-refractivity contribution in [2.45, 2.75) is 0 Å². The average molecular weight is 410 g/mol. The smallest absolute Gasteiger partial charge is 0.268 e. The van der Waals surface area contributed by atoms with E-state index in [1.54, 1.807) is 0 Å². The minimum atomic E-state index is -3.97. The molecule has 0 fully saturated rings. The van der Waals surface area contributed by atoms with Crippen molar-refractivity contribution >= 4 is 51.4 Å². The van der Waals surface area contributed by atoms with Gasteiger partial charge in [-0.05, 0) is 0 Å². The van der Waals surface area contributed by atoms with E-state index in [1.165, 1.54) is 0 Å². The summed E-state index contributed by atoms with van der Waals surface area (Å²) in [4.78, 5) is 0. The summed E-state index contributed by atoms with van der Waals surface area (Å²) in [5, 5.41) is 2.43.